The number of halogens is 1. The summed E-state index contributed by atoms with van der Waals surface area (Å²) in [5.74, 6) is -1.27. The van der Waals surface area contributed by atoms with Crippen LogP contribution in [0.2, 0.25) is 0 Å². The summed E-state index contributed by atoms with van der Waals surface area (Å²) in [7, 11) is 0. The molecule has 7 nitrogen and oxygen atoms in total. The Kier molecular flexibility index (Phi) is 5.85. The molecule has 136 valence electrons. The molecule has 2 amide bonds. The molecule has 0 bridgehead atoms. The molecule has 2 heterocycles. The zero-order valence-corrected chi connectivity index (χ0v) is 14.2. The van der Waals surface area contributed by atoms with Crippen LogP contribution >= 0.6 is 0 Å². The first-order valence-electron chi connectivity index (χ1n) is 8.48. The van der Waals surface area contributed by atoms with E-state index in [1.807, 2.05) is 0 Å². The molecule has 1 saturated heterocycles. The van der Waals surface area contributed by atoms with Crippen LogP contribution in [-0.4, -0.2) is 40.9 Å². The number of nitrogens with zero attached hydrogens (tertiary/aromatic N) is 2. The van der Waals surface area contributed by atoms with Gasteiger partial charge in [-0.3, -0.25) is 9.59 Å². The first-order valence-corrected chi connectivity index (χ1v) is 8.48. The lowest BCUT2D eigenvalue weighted by Crippen LogP contribution is -2.46. The van der Waals surface area contributed by atoms with Crippen LogP contribution in [0.15, 0.2) is 36.7 Å². The summed E-state index contributed by atoms with van der Waals surface area (Å²) < 4.78 is 12.9. The van der Waals surface area contributed by atoms with Crippen LogP contribution in [0.1, 0.15) is 39.4 Å². The molecule has 1 aromatic heterocycles. The number of piperidine rings is 1. The Hall–Kier alpha value is -2.87. The fraction of sp³-hybridized carbons (Fsp3) is 0.333. The summed E-state index contributed by atoms with van der Waals surface area (Å²) in [5, 5.41) is 8.78. The van der Waals surface area contributed by atoms with Crippen LogP contribution < -0.4 is 16.0 Å². The predicted molar refractivity (Wildman–Crippen MR) is 93.0 cm³/mol. The average molecular weight is 357 g/mol. The zero-order valence-electron chi connectivity index (χ0n) is 14.2. The van der Waals surface area contributed by atoms with Gasteiger partial charge in [0.05, 0.1) is 0 Å². The Labute approximate surface area is 150 Å². The summed E-state index contributed by atoms with van der Waals surface area (Å²) in [5.41, 5.74) is 0.702. The Bertz CT molecular complexity index is 775. The molecule has 1 atom stereocenters. The van der Waals surface area contributed by atoms with Crippen molar-refractivity contribution in [3.8, 4) is 0 Å². The van der Waals surface area contributed by atoms with Crippen LogP contribution in [0, 0.1) is 5.82 Å². The SMILES string of the molecule is O=C(NCc1ccc(F)cc1)c1nccnc1C(=O)N[C@H]1CCCNC1. The number of amides is 2. The van der Waals surface area contributed by atoms with E-state index in [0.29, 0.717) is 6.54 Å². The highest BCUT2D eigenvalue weighted by Gasteiger charge is 2.23. The molecule has 0 unspecified atom stereocenters. The van der Waals surface area contributed by atoms with Crippen molar-refractivity contribution in [3.63, 3.8) is 0 Å². The molecule has 26 heavy (non-hydrogen) atoms. The van der Waals surface area contributed by atoms with E-state index in [0.717, 1.165) is 24.9 Å². The zero-order chi connectivity index (χ0) is 18.4. The van der Waals surface area contributed by atoms with Crippen LogP contribution in [0.3, 0.4) is 0 Å². The van der Waals surface area contributed by atoms with Gasteiger partial charge in [0.15, 0.2) is 11.4 Å². The third-order valence-corrected chi connectivity index (χ3v) is 4.13. The van der Waals surface area contributed by atoms with E-state index in [-0.39, 0.29) is 29.8 Å². The van der Waals surface area contributed by atoms with E-state index >= 15 is 0 Å². The van der Waals surface area contributed by atoms with E-state index in [4.69, 9.17) is 0 Å². The number of hydrogen-bond acceptors (Lipinski definition) is 5. The highest BCUT2D eigenvalue weighted by atomic mass is 19.1. The molecule has 0 spiro atoms. The average Bonchev–Trinajstić information content (AvgIpc) is 2.68. The predicted octanol–water partition coefficient (Wildman–Crippen LogP) is 1.03. The summed E-state index contributed by atoms with van der Waals surface area (Å²) in [6, 6.07) is 5.81. The molecule has 1 aliphatic heterocycles. The third-order valence-electron chi connectivity index (χ3n) is 4.13. The molecule has 0 aliphatic carbocycles. The van der Waals surface area contributed by atoms with Gasteiger partial charge in [-0.25, -0.2) is 14.4 Å². The van der Waals surface area contributed by atoms with E-state index in [9.17, 15) is 14.0 Å². The topological polar surface area (TPSA) is 96.0 Å². The van der Waals surface area contributed by atoms with Gasteiger partial charge in [-0.15, -0.1) is 0 Å². The van der Waals surface area contributed by atoms with Crippen molar-refractivity contribution in [2.24, 2.45) is 0 Å². The van der Waals surface area contributed by atoms with Gasteiger partial charge in [0.25, 0.3) is 11.8 Å². The smallest absolute Gasteiger partial charge is 0.272 e. The molecular formula is C18H20FN5O2. The molecule has 1 fully saturated rings. The number of aromatic nitrogens is 2. The van der Waals surface area contributed by atoms with Crippen molar-refractivity contribution < 1.29 is 14.0 Å². The molecule has 1 aliphatic rings. The minimum absolute atomic E-state index is 0.00493. The Morgan fingerprint density at radius 3 is 2.46 bits per heavy atom. The second-order valence-electron chi connectivity index (χ2n) is 6.08. The van der Waals surface area contributed by atoms with E-state index in [2.05, 4.69) is 25.9 Å². The van der Waals surface area contributed by atoms with Gasteiger partial charge in [0, 0.05) is 31.5 Å². The van der Waals surface area contributed by atoms with Gasteiger partial charge in [0.1, 0.15) is 5.82 Å². The van der Waals surface area contributed by atoms with Crippen LogP contribution in [0.5, 0.6) is 0 Å². The summed E-state index contributed by atoms with van der Waals surface area (Å²) in [6.45, 7) is 1.83. The summed E-state index contributed by atoms with van der Waals surface area (Å²) >= 11 is 0. The van der Waals surface area contributed by atoms with Gasteiger partial charge in [-0.1, -0.05) is 12.1 Å². The van der Waals surface area contributed by atoms with E-state index < -0.39 is 11.8 Å². The molecule has 0 radical (unpaired) electrons. The molecule has 3 rings (SSSR count). The number of carbonyl (C=O) groups excluding carboxylic acids is 2. The van der Waals surface area contributed by atoms with Crippen molar-refractivity contribution in [1.82, 2.24) is 25.9 Å². The maximum Gasteiger partial charge on any atom is 0.272 e. The van der Waals surface area contributed by atoms with Crippen molar-refractivity contribution in [3.05, 3.63) is 59.4 Å². The van der Waals surface area contributed by atoms with E-state index in [1.54, 1.807) is 12.1 Å². The summed E-state index contributed by atoms with van der Waals surface area (Å²) in [4.78, 5) is 32.9. The van der Waals surface area contributed by atoms with Crippen LogP contribution in [0.4, 0.5) is 4.39 Å². The Morgan fingerprint density at radius 2 is 1.81 bits per heavy atom. The number of benzene rings is 1. The molecular weight excluding hydrogens is 337 g/mol. The minimum atomic E-state index is -0.505. The lowest BCUT2D eigenvalue weighted by molar-refractivity contribution is 0.0896. The number of rotatable bonds is 5. The maximum atomic E-state index is 12.9. The Morgan fingerprint density at radius 1 is 1.12 bits per heavy atom. The van der Waals surface area contributed by atoms with Crippen molar-refractivity contribution in [2.45, 2.75) is 25.4 Å². The van der Waals surface area contributed by atoms with Crippen LogP contribution in [-0.2, 0) is 6.54 Å². The molecule has 0 saturated carbocycles. The number of carbonyl (C=O) groups is 2. The second-order valence-corrected chi connectivity index (χ2v) is 6.08. The second kappa shape index (κ2) is 8.48. The highest BCUT2D eigenvalue weighted by Crippen LogP contribution is 2.07. The largest absolute Gasteiger partial charge is 0.347 e. The maximum absolute atomic E-state index is 12.9. The van der Waals surface area contributed by atoms with Gasteiger partial charge >= 0.3 is 0 Å². The molecule has 1 aromatic carbocycles. The molecule has 8 heteroatoms. The first kappa shape index (κ1) is 17.9. The van der Waals surface area contributed by atoms with Gasteiger partial charge in [0.2, 0.25) is 0 Å². The highest BCUT2D eigenvalue weighted by molar-refractivity contribution is 6.04. The van der Waals surface area contributed by atoms with E-state index in [1.165, 1.54) is 24.5 Å². The van der Waals surface area contributed by atoms with Gasteiger partial charge in [-0.2, -0.15) is 0 Å². The standard InChI is InChI=1S/C18H20FN5O2/c19-13-5-3-12(4-6-13)10-23-17(25)15-16(22-9-8-21-15)18(26)24-14-2-1-7-20-11-14/h3-6,8-9,14,20H,1-2,7,10-11H2,(H,23,25)(H,24,26)/t14-/m0/s1. The quantitative estimate of drug-likeness (QED) is 0.743. The lowest BCUT2D eigenvalue weighted by Gasteiger charge is -2.23. The lowest BCUT2D eigenvalue weighted by atomic mass is 10.1. The van der Waals surface area contributed by atoms with Crippen LogP contribution in [0.25, 0.3) is 0 Å². The monoisotopic (exact) mass is 357 g/mol. The normalized spacial score (nSPS) is 16.7. The van der Waals surface area contributed by atoms with Crippen molar-refractivity contribution in [2.75, 3.05) is 13.1 Å². The number of nitrogens with one attached hydrogen (secondary N) is 3. The third kappa shape index (κ3) is 4.60. The van der Waals surface area contributed by atoms with Gasteiger partial charge < -0.3 is 16.0 Å². The Balaban J connectivity index is 1.66. The molecule has 2 aromatic rings. The van der Waals surface area contributed by atoms with Crippen molar-refractivity contribution >= 4 is 11.8 Å². The minimum Gasteiger partial charge on any atom is -0.347 e. The fourth-order valence-corrected chi connectivity index (χ4v) is 2.77. The number of hydrogen-bond donors (Lipinski definition) is 3. The molecule has 3 N–H and O–H groups in total. The summed E-state index contributed by atoms with van der Waals surface area (Å²) in [6.07, 6.45) is 4.61. The van der Waals surface area contributed by atoms with Gasteiger partial charge in [-0.05, 0) is 37.1 Å². The fourth-order valence-electron chi connectivity index (χ4n) is 2.77. The first-order chi connectivity index (χ1) is 12.6. The van der Waals surface area contributed by atoms with Crippen molar-refractivity contribution in [1.29, 1.82) is 0 Å².